The van der Waals surface area contributed by atoms with E-state index in [0.29, 0.717) is 0 Å². The molecule has 0 N–H and O–H groups in total. The van der Waals surface area contributed by atoms with Crippen LogP contribution in [-0.2, 0) is 0 Å². The third kappa shape index (κ3) is 4.25. The van der Waals surface area contributed by atoms with Gasteiger partial charge in [0.05, 0.1) is 28.7 Å². The fraction of sp³-hybridized carbons (Fsp3) is 0.237. The average Bonchev–Trinajstić information content (AvgIpc) is 3.58. The van der Waals surface area contributed by atoms with Crippen molar-refractivity contribution in [2.24, 2.45) is 0 Å². The molecule has 0 aliphatic heterocycles. The van der Waals surface area contributed by atoms with Gasteiger partial charge in [-0.2, -0.15) is 0 Å². The molecule has 0 aliphatic carbocycles. The van der Waals surface area contributed by atoms with E-state index in [1.165, 1.54) is 33.5 Å². The number of furan rings is 1. The van der Waals surface area contributed by atoms with E-state index >= 15 is 0 Å². The summed E-state index contributed by atoms with van der Waals surface area (Å²) in [4.78, 5) is 14.4. The summed E-state index contributed by atoms with van der Waals surface area (Å²) in [7, 11) is 0. The molecule has 0 saturated heterocycles. The zero-order valence-electron chi connectivity index (χ0n) is 25.9. The van der Waals surface area contributed by atoms with Crippen LogP contribution in [-0.4, -0.2) is 19.5 Å². The number of nitrogens with zero attached hydrogens (tertiary/aromatic N) is 4. The molecule has 0 aliphatic rings. The average molecular weight is 565 g/mol. The minimum Gasteiger partial charge on any atom is -0.453 e. The number of imidazole rings is 1. The lowest BCUT2D eigenvalue weighted by atomic mass is 9.88. The molecular formula is C38H36N4O. The smallest absolute Gasteiger partial charge is 0.156 e. The largest absolute Gasteiger partial charge is 0.453 e. The van der Waals surface area contributed by atoms with Crippen molar-refractivity contribution in [2.45, 2.75) is 60.3 Å². The van der Waals surface area contributed by atoms with Gasteiger partial charge in [-0.25, -0.2) is 4.98 Å². The van der Waals surface area contributed by atoms with Crippen molar-refractivity contribution in [3.05, 3.63) is 107 Å². The lowest BCUT2D eigenvalue weighted by Gasteiger charge is -2.24. The number of fused-ring (bicyclic) bond motifs is 4. The normalized spacial score (nSPS) is 12.0. The van der Waals surface area contributed by atoms with Gasteiger partial charge in [-0.1, -0.05) is 64.1 Å². The van der Waals surface area contributed by atoms with Crippen LogP contribution in [0.5, 0.6) is 0 Å². The highest BCUT2D eigenvalue weighted by Crippen LogP contribution is 2.43. The Morgan fingerprint density at radius 3 is 2.16 bits per heavy atom. The summed E-state index contributed by atoms with van der Waals surface area (Å²) in [6, 6.07) is 21.8. The maximum atomic E-state index is 6.67. The Kier molecular flexibility index (Phi) is 6.42. The second-order valence-electron chi connectivity index (χ2n) is 12.3. The number of pyridine rings is 2. The van der Waals surface area contributed by atoms with Crippen LogP contribution in [0.15, 0.2) is 83.7 Å². The summed E-state index contributed by atoms with van der Waals surface area (Å²) < 4.78 is 9.05. The molecule has 0 spiro atoms. The van der Waals surface area contributed by atoms with Crippen molar-refractivity contribution in [1.82, 2.24) is 19.5 Å². The van der Waals surface area contributed by atoms with Gasteiger partial charge in [0.1, 0.15) is 16.9 Å². The van der Waals surface area contributed by atoms with Crippen molar-refractivity contribution in [3.63, 3.8) is 0 Å². The summed E-state index contributed by atoms with van der Waals surface area (Å²) in [5.74, 6) is 1.42. The first-order valence-corrected chi connectivity index (χ1v) is 15.1. The Balaban J connectivity index is 1.63. The molecule has 0 radical (unpaired) electrons. The molecule has 3 aromatic carbocycles. The Labute approximate surface area is 252 Å². The number of rotatable bonds is 5. The van der Waals surface area contributed by atoms with E-state index < -0.39 is 0 Å². The third-order valence-corrected chi connectivity index (χ3v) is 8.65. The molecule has 0 unspecified atom stereocenters. The van der Waals surface area contributed by atoms with Crippen LogP contribution in [0.2, 0.25) is 0 Å². The number of benzene rings is 3. The number of aromatic nitrogens is 4. The number of aryl methyl sites for hydroxylation is 3. The fourth-order valence-corrected chi connectivity index (χ4v) is 6.48. The number of hydrogen-bond donors (Lipinski definition) is 0. The highest BCUT2D eigenvalue weighted by Gasteiger charge is 2.27. The van der Waals surface area contributed by atoms with E-state index in [2.05, 4.69) is 117 Å². The summed E-state index contributed by atoms with van der Waals surface area (Å²) in [6.07, 6.45) is 5.68. The lowest BCUT2D eigenvalue weighted by molar-refractivity contribution is 0.663. The minimum atomic E-state index is 0.279. The van der Waals surface area contributed by atoms with E-state index in [1.807, 2.05) is 25.5 Å². The molecule has 4 heterocycles. The predicted octanol–water partition coefficient (Wildman–Crippen LogP) is 10.2. The monoisotopic (exact) mass is 564 g/mol. The first-order chi connectivity index (χ1) is 20.7. The molecule has 7 rings (SSSR count). The Bertz CT molecular complexity index is 2140. The van der Waals surface area contributed by atoms with Crippen molar-refractivity contribution in [1.29, 1.82) is 0 Å². The summed E-state index contributed by atoms with van der Waals surface area (Å²) in [6.45, 7) is 15.4. The van der Waals surface area contributed by atoms with E-state index in [-0.39, 0.29) is 11.8 Å². The topological polar surface area (TPSA) is 56.7 Å². The van der Waals surface area contributed by atoms with Crippen molar-refractivity contribution < 1.29 is 4.42 Å². The SMILES string of the molecule is Cc1nccc2c1oc1c(-c3nc4cncc(C)c4n3-c3c(C(C)C)cc(-c4ccccc4)cc3C(C)C)ccc(C)c12. The Hall–Kier alpha value is -4.77. The molecule has 0 bridgehead atoms. The van der Waals surface area contributed by atoms with E-state index in [0.717, 1.165) is 55.6 Å². The van der Waals surface area contributed by atoms with Crippen LogP contribution in [0.25, 0.3) is 61.2 Å². The van der Waals surface area contributed by atoms with Gasteiger partial charge >= 0.3 is 0 Å². The quantitative estimate of drug-likeness (QED) is 0.209. The van der Waals surface area contributed by atoms with Crippen LogP contribution in [0.1, 0.15) is 67.5 Å². The van der Waals surface area contributed by atoms with Gasteiger partial charge in [0, 0.05) is 23.2 Å². The fourth-order valence-electron chi connectivity index (χ4n) is 6.48. The predicted molar refractivity (Wildman–Crippen MR) is 177 cm³/mol. The molecule has 7 aromatic rings. The minimum absolute atomic E-state index is 0.279. The van der Waals surface area contributed by atoms with Gasteiger partial charge < -0.3 is 4.42 Å². The standard InChI is InChI=1S/C38H36N4O/c1-21(2)30-17-27(26-11-9-8-10-12-26)18-31(22(3)4)35(30)42-34-24(6)19-39-20-32(34)41-38(42)29-14-13-23(5)33-28-15-16-40-25(7)36(28)43-37(29)33/h8-22H,1-7H3. The van der Waals surface area contributed by atoms with Gasteiger partial charge in [-0.3, -0.25) is 14.5 Å². The van der Waals surface area contributed by atoms with Gasteiger partial charge in [-0.05, 0) is 90.3 Å². The molecule has 214 valence electrons. The van der Waals surface area contributed by atoms with Crippen LogP contribution in [0.4, 0.5) is 0 Å². The maximum absolute atomic E-state index is 6.67. The number of hydrogen-bond acceptors (Lipinski definition) is 4. The van der Waals surface area contributed by atoms with Gasteiger partial charge in [0.15, 0.2) is 5.58 Å². The Morgan fingerprint density at radius 2 is 1.47 bits per heavy atom. The zero-order chi connectivity index (χ0) is 30.0. The molecule has 5 heteroatoms. The second-order valence-corrected chi connectivity index (χ2v) is 12.3. The molecule has 0 amide bonds. The van der Waals surface area contributed by atoms with Gasteiger partial charge in [-0.15, -0.1) is 0 Å². The zero-order valence-corrected chi connectivity index (χ0v) is 25.9. The van der Waals surface area contributed by atoms with E-state index in [4.69, 9.17) is 9.40 Å². The first-order valence-electron chi connectivity index (χ1n) is 15.1. The van der Waals surface area contributed by atoms with Gasteiger partial charge in [0.2, 0.25) is 0 Å². The Morgan fingerprint density at radius 1 is 0.744 bits per heavy atom. The van der Waals surface area contributed by atoms with Crippen LogP contribution in [0, 0.1) is 20.8 Å². The lowest BCUT2D eigenvalue weighted by Crippen LogP contribution is -2.10. The van der Waals surface area contributed by atoms with Crippen LogP contribution in [0.3, 0.4) is 0 Å². The van der Waals surface area contributed by atoms with Crippen molar-refractivity contribution in [3.8, 4) is 28.2 Å². The summed E-state index contributed by atoms with van der Waals surface area (Å²) in [5.41, 5.74) is 13.9. The molecule has 4 aromatic heterocycles. The summed E-state index contributed by atoms with van der Waals surface area (Å²) >= 11 is 0. The van der Waals surface area contributed by atoms with Crippen molar-refractivity contribution >= 4 is 33.0 Å². The second kappa shape index (κ2) is 10.2. The molecule has 0 atom stereocenters. The third-order valence-electron chi connectivity index (χ3n) is 8.65. The van der Waals surface area contributed by atoms with E-state index in [9.17, 15) is 0 Å². The van der Waals surface area contributed by atoms with E-state index in [1.54, 1.807) is 0 Å². The molecule has 0 saturated carbocycles. The molecule has 43 heavy (non-hydrogen) atoms. The summed E-state index contributed by atoms with van der Waals surface area (Å²) in [5, 5.41) is 2.19. The maximum Gasteiger partial charge on any atom is 0.156 e. The van der Waals surface area contributed by atoms with Gasteiger partial charge in [0.25, 0.3) is 0 Å². The van der Waals surface area contributed by atoms with Crippen LogP contribution >= 0.6 is 0 Å². The first kappa shape index (κ1) is 27.1. The molecular weight excluding hydrogens is 528 g/mol. The highest BCUT2D eigenvalue weighted by atomic mass is 16.3. The highest BCUT2D eigenvalue weighted by molar-refractivity contribution is 6.11. The molecule has 5 nitrogen and oxygen atoms in total. The van der Waals surface area contributed by atoms with Crippen molar-refractivity contribution in [2.75, 3.05) is 0 Å². The van der Waals surface area contributed by atoms with Crippen LogP contribution < -0.4 is 0 Å². The molecule has 0 fully saturated rings.